The van der Waals surface area contributed by atoms with Crippen molar-refractivity contribution in [2.24, 2.45) is 0 Å². The van der Waals surface area contributed by atoms with Crippen LogP contribution in [-0.2, 0) is 6.42 Å². The average molecular weight is 293 g/mol. The second kappa shape index (κ2) is 6.34. The fraction of sp³-hybridized carbons (Fsp3) is 0.214. The molecule has 0 bridgehead atoms. The Morgan fingerprint density at radius 1 is 1.30 bits per heavy atom. The van der Waals surface area contributed by atoms with Gasteiger partial charge in [-0.25, -0.2) is 14.8 Å². The summed E-state index contributed by atoms with van der Waals surface area (Å²) in [4.78, 5) is 18.7. The van der Waals surface area contributed by atoms with E-state index in [1.54, 1.807) is 0 Å². The number of ether oxygens (including phenoxy) is 1. The van der Waals surface area contributed by atoms with Gasteiger partial charge in [0.25, 0.3) is 0 Å². The average Bonchev–Trinajstić information content (AvgIpc) is 2.40. The van der Waals surface area contributed by atoms with Crippen LogP contribution in [0.3, 0.4) is 0 Å². The number of aryl methyl sites for hydroxylation is 1. The third kappa shape index (κ3) is 3.93. The molecule has 0 aliphatic rings. The van der Waals surface area contributed by atoms with E-state index in [9.17, 15) is 4.79 Å². The Kier molecular flexibility index (Phi) is 4.53. The molecule has 0 unspecified atom stereocenters. The number of benzene rings is 1. The van der Waals surface area contributed by atoms with Gasteiger partial charge in [0.15, 0.2) is 5.69 Å². The van der Waals surface area contributed by atoms with Gasteiger partial charge in [-0.2, -0.15) is 0 Å². The summed E-state index contributed by atoms with van der Waals surface area (Å²) in [5.41, 5.74) is 1.04. The van der Waals surface area contributed by atoms with E-state index in [0.29, 0.717) is 18.9 Å². The van der Waals surface area contributed by atoms with Crippen LogP contribution in [0.4, 0.5) is 0 Å². The van der Waals surface area contributed by atoms with Crippen molar-refractivity contribution in [2.45, 2.75) is 13.3 Å². The highest BCUT2D eigenvalue weighted by Crippen LogP contribution is 2.12. The predicted octanol–water partition coefficient (Wildman–Crippen LogP) is 2.76. The third-order valence-corrected chi connectivity index (χ3v) is 2.77. The first-order chi connectivity index (χ1) is 9.54. The fourth-order valence-corrected chi connectivity index (χ4v) is 1.78. The minimum absolute atomic E-state index is 0.114. The Morgan fingerprint density at radius 3 is 2.65 bits per heavy atom. The van der Waals surface area contributed by atoms with E-state index in [1.165, 1.54) is 6.07 Å². The first-order valence-electron chi connectivity index (χ1n) is 6.01. The van der Waals surface area contributed by atoms with Crippen molar-refractivity contribution in [1.29, 1.82) is 0 Å². The molecule has 0 spiro atoms. The molecule has 0 aliphatic heterocycles. The lowest BCUT2D eigenvalue weighted by Gasteiger charge is -2.06. The number of aromatic carboxylic acids is 1. The molecule has 2 aromatic rings. The lowest BCUT2D eigenvalue weighted by atomic mass is 10.2. The highest BCUT2D eigenvalue weighted by molar-refractivity contribution is 6.29. The number of nitrogens with zero attached hydrogens (tertiary/aromatic N) is 2. The Morgan fingerprint density at radius 2 is 2.00 bits per heavy atom. The van der Waals surface area contributed by atoms with Crippen molar-refractivity contribution in [3.8, 4) is 5.75 Å². The van der Waals surface area contributed by atoms with E-state index in [1.807, 2.05) is 31.2 Å². The molecular weight excluding hydrogens is 280 g/mol. The first-order valence-corrected chi connectivity index (χ1v) is 6.38. The lowest BCUT2D eigenvalue weighted by molar-refractivity contribution is 0.0689. The Bertz CT molecular complexity index is 614. The summed E-state index contributed by atoms with van der Waals surface area (Å²) < 4.78 is 5.53. The van der Waals surface area contributed by atoms with Gasteiger partial charge in [0.1, 0.15) is 16.7 Å². The Labute approximate surface area is 121 Å². The summed E-state index contributed by atoms with van der Waals surface area (Å²) in [6, 6.07) is 8.86. The number of hydrogen-bond acceptors (Lipinski definition) is 4. The number of aromatic nitrogens is 2. The summed E-state index contributed by atoms with van der Waals surface area (Å²) in [7, 11) is 0. The van der Waals surface area contributed by atoms with Crippen molar-refractivity contribution in [1.82, 2.24) is 9.97 Å². The van der Waals surface area contributed by atoms with Gasteiger partial charge < -0.3 is 9.84 Å². The van der Waals surface area contributed by atoms with E-state index in [2.05, 4.69) is 9.97 Å². The molecule has 0 aliphatic carbocycles. The molecule has 0 radical (unpaired) electrons. The maximum Gasteiger partial charge on any atom is 0.354 e. The molecule has 20 heavy (non-hydrogen) atoms. The van der Waals surface area contributed by atoms with E-state index in [0.717, 1.165) is 11.3 Å². The number of hydrogen-bond donors (Lipinski definition) is 1. The van der Waals surface area contributed by atoms with Gasteiger partial charge in [-0.05, 0) is 19.1 Å². The van der Waals surface area contributed by atoms with Crippen LogP contribution in [-0.4, -0.2) is 27.7 Å². The summed E-state index contributed by atoms with van der Waals surface area (Å²) in [5.74, 6) is -0.0342. The molecule has 1 heterocycles. The Hall–Kier alpha value is -2.14. The molecule has 0 atom stereocenters. The van der Waals surface area contributed by atoms with Gasteiger partial charge in [0.05, 0.1) is 6.61 Å². The minimum Gasteiger partial charge on any atom is -0.493 e. The van der Waals surface area contributed by atoms with Crippen LogP contribution in [0.2, 0.25) is 5.15 Å². The molecule has 0 saturated carbocycles. The molecule has 5 nitrogen and oxygen atoms in total. The van der Waals surface area contributed by atoms with Crippen LogP contribution in [0.25, 0.3) is 0 Å². The number of carbonyl (C=O) groups is 1. The SMILES string of the molecule is Cc1ccc(OCCc2nc(Cl)cc(C(=O)O)n2)cc1. The second-order valence-electron chi connectivity index (χ2n) is 4.21. The molecule has 104 valence electrons. The normalized spacial score (nSPS) is 10.3. The molecule has 0 amide bonds. The van der Waals surface area contributed by atoms with E-state index >= 15 is 0 Å². The van der Waals surface area contributed by atoms with Crippen molar-refractivity contribution in [3.63, 3.8) is 0 Å². The molecule has 1 aromatic heterocycles. The standard InChI is InChI=1S/C14H13ClN2O3/c1-9-2-4-10(5-3-9)20-7-6-13-16-11(14(18)19)8-12(15)17-13/h2-5,8H,6-7H2,1H3,(H,18,19). The fourth-order valence-electron chi connectivity index (χ4n) is 1.58. The molecule has 0 saturated heterocycles. The van der Waals surface area contributed by atoms with Gasteiger partial charge in [-0.3, -0.25) is 0 Å². The molecule has 2 rings (SSSR count). The number of carboxylic acid groups (broad SMARTS) is 1. The zero-order valence-electron chi connectivity index (χ0n) is 10.8. The van der Waals surface area contributed by atoms with Crippen LogP contribution >= 0.6 is 11.6 Å². The summed E-state index contributed by atoms with van der Waals surface area (Å²) in [6.45, 7) is 2.35. The zero-order chi connectivity index (χ0) is 14.5. The number of halogens is 1. The summed E-state index contributed by atoms with van der Waals surface area (Å²) >= 11 is 5.75. The highest BCUT2D eigenvalue weighted by Gasteiger charge is 2.09. The molecule has 1 N–H and O–H groups in total. The monoisotopic (exact) mass is 292 g/mol. The number of carboxylic acids is 1. The topological polar surface area (TPSA) is 72.3 Å². The maximum atomic E-state index is 10.9. The Balaban J connectivity index is 1.97. The molecule has 6 heteroatoms. The van der Waals surface area contributed by atoms with E-state index < -0.39 is 5.97 Å². The van der Waals surface area contributed by atoms with Crippen molar-refractivity contribution < 1.29 is 14.6 Å². The van der Waals surface area contributed by atoms with Gasteiger partial charge in [0, 0.05) is 12.5 Å². The predicted molar refractivity (Wildman–Crippen MR) is 74.4 cm³/mol. The summed E-state index contributed by atoms with van der Waals surface area (Å²) in [5, 5.41) is 9.00. The zero-order valence-corrected chi connectivity index (χ0v) is 11.6. The van der Waals surface area contributed by atoms with E-state index in [-0.39, 0.29) is 10.8 Å². The van der Waals surface area contributed by atoms with Crippen LogP contribution in [0.1, 0.15) is 21.9 Å². The quantitative estimate of drug-likeness (QED) is 0.858. The van der Waals surface area contributed by atoms with Crippen LogP contribution in [0.5, 0.6) is 5.75 Å². The van der Waals surface area contributed by atoms with Crippen molar-refractivity contribution in [3.05, 3.63) is 52.6 Å². The first kappa shape index (κ1) is 14.3. The van der Waals surface area contributed by atoms with Crippen molar-refractivity contribution >= 4 is 17.6 Å². The molecular formula is C14H13ClN2O3. The third-order valence-electron chi connectivity index (χ3n) is 2.58. The van der Waals surface area contributed by atoms with Crippen LogP contribution < -0.4 is 4.74 Å². The van der Waals surface area contributed by atoms with Gasteiger partial charge in [-0.15, -0.1) is 0 Å². The largest absolute Gasteiger partial charge is 0.493 e. The van der Waals surface area contributed by atoms with Crippen LogP contribution in [0.15, 0.2) is 30.3 Å². The van der Waals surface area contributed by atoms with E-state index in [4.69, 9.17) is 21.4 Å². The van der Waals surface area contributed by atoms with Crippen molar-refractivity contribution in [2.75, 3.05) is 6.61 Å². The number of rotatable bonds is 5. The van der Waals surface area contributed by atoms with Gasteiger partial charge >= 0.3 is 5.97 Å². The van der Waals surface area contributed by atoms with Gasteiger partial charge in [0.2, 0.25) is 0 Å². The maximum absolute atomic E-state index is 10.9. The minimum atomic E-state index is -1.13. The van der Waals surface area contributed by atoms with Crippen LogP contribution in [0, 0.1) is 6.92 Å². The highest BCUT2D eigenvalue weighted by atomic mass is 35.5. The van der Waals surface area contributed by atoms with Gasteiger partial charge in [-0.1, -0.05) is 29.3 Å². The molecule has 1 aromatic carbocycles. The lowest BCUT2D eigenvalue weighted by Crippen LogP contribution is -2.09. The smallest absolute Gasteiger partial charge is 0.354 e. The second-order valence-corrected chi connectivity index (χ2v) is 4.60. The summed E-state index contributed by atoms with van der Waals surface area (Å²) in [6.07, 6.45) is 0.384. The molecule has 0 fully saturated rings.